The molecule has 45 heavy (non-hydrogen) atoms. The molecule has 3 aromatic rings. The van der Waals surface area contributed by atoms with Crippen molar-refractivity contribution in [3.05, 3.63) is 94.6 Å². The fourth-order valence-corrected chi connectivity index (χ4v) is 6.37. The van der Waals surface area contributed by atoms with Crippen molar-refractivity contribution in [3.63, 3.8) is 0 Å². The molecule has 2 saturated heterocycles. The average molecular weight is 635 g/mol. The standard InChI is InChI=1S/C35H41ClF2N6O/c1-7-8-15-39-23(3)32-40-33(44(41-32)26-10-12-30(36)22(2)18-26)24-13-16-42(17-14-24)34(45)29-21-43(35(4,5)6)20-28(29)27-11-9-25(37)19-31(27)38/h7-12,15,18-19,24,28-29H,3,13-14,16-17,20-21H2,1-2,4-6H3. The molecule has 0 bridgehead atoms. The molecule has 0 spiro atoms. The number of piperidine rings is 1. The Morgan fingerprint density at radius 3 is 2.49 bits per heavy atom. The SMILES string of the molecule is C=C(N=CC=CC)c1nc(C2CCN(C(=O)C3CN(C(C)(C)C)CC3c3ccc(F)cc3F)CC2)n(-c2ccc(Cl)c(C)c2)n1. The van der Waals surface area contributed by atoms with Crippen molar-refractivity contribution in [1.82, 2.24) is 24.6 Å². The molecule has 2 aromatic carbocycles. The van der Waals surface area contributed by atoms with E-state index >= 15 is 0 Å². The molecule has 238 valence electrons. The molecule has 0 N–H and O–H groups in total. The van der Waals surface area contributed by atoms with Crippen molar-refractivity contribution >= 4 is 29.4 Å². The van der Waals surface area contributed by atoms with Gasteiger partial charge in [-0.15, -0.1) is 5.10 Å². The van der Waals surface area contributed by atoms with Crippen LogP contribution in [0.3, 0.4) is 0 Å². The van der Waals surface area contributed by atoms with Gasteiger partial charge in [0.1, 0.15) is 23.2 Å². The van der Waals surface area contributed by atoms with Crippen LogP contribution in [0, 0.1) is 24.5 Å². The number of amides is 1. The summed E-state index contributed by atoms with van der Waals surface area (Å²) >= 11 is 6.32. The van der Waals surface area contributed by atoms with Gasteiger partial charge in [0, 0.05) is 60.9 Å². The van der Waals surface area contributed by atoms with Gasteiger partial charge in [0.15, 0.2) is 5.82 Å². The van der Waals surface area contributed by atoms with E-state index < -0.39 is 17.6 Å². The van der Waals surface area contributed by atoms with Gasteiger partial charge in [-0.2, -0.15) is 0 Å². The molecule has 0 saturated carbocycles. The fourth-order valence-electron chi connectivity index (χ4n) is 6.25. The number of aryl methyl sites for hydroxylation is 1. The zero-order chi connectivity index (χ0) is 32.5. The van der Waals surface area contributed by atoms with Gasteiger partial charge in [0.25, 0.3) is 0 Å². The minimum atomic E-state index is -0.621. The highest BCUT2D eigenvalue weighted by Gasteiger charge is 2.45. The van der Waals surface area contributed by atoms with Crippen LogP contribution in [-0.4, -0.2) is 68.4 Å². The Hall–Kier alpha value is -3.69. The molecular weight excluding hydrogens is 594 g/mol. The number of hydrogen-bond donors (Lipinski definition) is 0. The second-order valence-electron chi connectivity index (χ2n) is 12.9. The number of hydrogen-bond acceptors (Lipinski definition) is 5. The molecule has 1 aromatic heterocycles. The van der Waals surface area contributed by atoms with Crippen molar-refractivity contribution < 1.29 is 13.6 Å². The third-order valence-electron chi connectivity index (χ3n) is 8.90. The average Bonchev–Trinajstić information content (AvgIpc) is 3.65. The van der Waals surface area contributed by atoms with Crippen LogP contribution in [0.1, 0.15) is 75.1 Å². The van der Waals surface area contributed by atoms with Crippen molar-refractivity contribution in [2.24, 2.45) is 10.9 Å². The molecule has 2 unspecified atom stereocenters. The van der Waals surface area contributed by atoms with Crippen LogP contribution in [0.15, 0.2) is 60.1 Å². The molecular formula is C35H41ClF2N6O. The number of carbonyl (C=O) groups is 1. The van der Waals surface area contributed by atoms with Gasteiger partial charge in [-0.1, -0.05) is 30.3 Å². The van der Waals surface area contributed by atoms with Crippen LogP contribution in [0.5, 0.6) is 0 Å². The number of aromatic nitrogens is 3. The second kappa shape index (κ2) is 13.3. The molecule has 5 rings (SSSR count). The van der Waals surface area contributed by atoms with Crippen LogP contribution in [0.25, 0.3) is 11.4 Å². The number of aliphatic imine (C=N–C) groups is 1. The quantitative estimate of drug-likeness (QED) is 0.255. The van der Waals surface area contributed by atoms with E-state index in [9.17, 15) is 13.6 Å². The molecule has 0 aliphatic carbocycles. The predicted octanol–water partition coefficient (Wildman–Crippen LogP) is 7.35. The highest BCUT2D eigenvalue weighted by atomic mass is 35.5. The first-order chi connectivity index (χ1) is 21.4. The van der Waals surface area contributed by atoms with Crippen LogP contribution in [-0.2, 0) is 4.79 Å². The molecule has 10 heteroatoms. The summed E-state index contributed by atoms with van der Waals surface area (Å²) in [6.45, 7) is 16.3. The van der Waals surface area contributed by atoms with E-state index in [2.05, 4.69) is 37.2 Å². The van der Waals surface area contributed by atoms with Crippen LogP contribution in [0.4, 0.5) is 8.78 Å². The molecule has 7 nitrogen and oxygen atoms in total. The van der Waals surface area contributed by atoms with Gasteiger partial charge in [-0.3, -0.25) is 14.7 Å². The fraction of sp³-hybridized carbons (Fsp3) is 0.429. The highest BCUT2D eigenvalue weighted by Crippen LogP contribution is 2.40. The van der Waals surface area contributed by atoms with Crippen molar-refractivity contribution in [2.75, 3.05) is 26.2 Å². The van der Waals surface area contributed by atoms with Gasteiger partial charge >= 0.3 is 0 Å². The number of nitrogens with zero attached hydrogens (tertiary/aromatic N) is 6. The van der Waals surface area contributed by atoms with Crippen LogP contribution < -0.4 is 0 Å². The molecule has 0 radical (unpaired) electrons. The summed E-state index contributed by atoms with van der Waals surface area (Å²) in [4.78, 5) is 27.5. The number of benzene rings is 2. The van der Waals surface area contributed by atoms with E-state index in [0.29, 0.717) is 61.1 Å². The summed E-state index contributed by atoms with van der Waals surface area (Å²) in [6, 6.07) is 9.42. The smallest absolute Gasteiger partial charge is 0.227 e. The third kappa shape index (κ3) is 7.10. The van der Waals surface area contributed by atoms with Gasteiger partial charge in [0.05, 0.1) is 11.6 Å². The van der Waals surface area contributed by atoms with Crippen molar-refractivity contribution in [3.8, 4) is 5.69 Å². The van der Waals surface area contributed by atoms with E-state index in [4.69, 9.17) is 21.7 Å². The van der Waals surface area contributed by atoms with Crippen molar-refractivity contribution in [2.45, 2.75) is 64.8 Å². The summed E-state index contributed by atoms with van der Waals surface area (Å²) in [6.07, 6.45) is 6.74. The van der Waals surface area contributed by atoms with E-state index in [1.807, 2.05) is 53.8 Å². The Labute approximate surface area is 269 Å². The molecule has 1 amide bonds. The number of rotatable bonds is 7. The van der Waals surface area contributed by atoms with Crippen LogP contribution >= 0.6 is 11.6 Å². The summed E-state index contributed by atoms with van der Waals surface area (Å²) in [5.74, 6) is -0.730. The van der Waals surface area contributed by atoms with E-state index in [1.54, 1.807) is 6.21 Å². The Morgan fingerprint density at radius 1 is 1.11 bits per heavy atom. The zero-order valence-corrected chi connectivity index (χ0v) is 27.4. The first-order valence-corrected chi connectivity index (χ1v) is 15.8. The van der Waals surface area contributed by atoms with Crippen LogP contribution in [0.2, 0.25) is 5.02 Å². The Balaban J connectivity index is 1.38. The first-order valence-electron chi connectivity index (χ1n) is 15.4. The monoisotopic (exact) mass is 634 g/mol. The Morgan fingerprint density at radius 2 is 1.84 bits per heavy atom. The Bertz CT molecular complexity index is 1630. The van der Waals surface area contributed by atoms with Gasteiger partial charge in [0.2, 0.25) is 5.91 Å². The minimum Gasteiger partial charge on any atom is -0.342 e. The lowest BCUT2D eigenvalue weighted by molar-refractivity contribution is -0.136. The lowest BCUT2D eigenvalue weighted by Gasteiger charge is -2.35. The first kappa shape index (κ1) is 32.7. The molecule has 2 aliphatic heterocycles. The highest BCUT2D eigenvalue weighted by molar-refractivity contribution is 6.31. The lowest BCUT2D eigenvalue weighted by atomic mass is 9.86. The third-order valence-corrected chi connectivity index (χ3v) is 9.33. The number of halogens is 3. The lowest BCUT2D eigenvalue weighted by Crippen LogP contribution is -2.44. The summed E-state index contributed by atoms with van der Waals surface area (Å²) in [7, 11) is 0. The zero-order valence-electron chi connectivity index (χ0n) is 26.6. The number of allylic oxidation sites excluding steroid dienone is 2. The number of carbonyl (C=O) groups excluding carboxylic acids is 1. The molecule has 2 atom stereocenters. The van der Waals surface area contributed by atoms with E-state index in [-0.39, 0.29) is 23.3 Å². The topological polar surface area (TPSA) is 66.6 Å². The number of likely N-dealkylation sites (tertiary alicyclic amines) is 2. The van der Waals surface area contributed by atoms with Gasteiger partial charge in [-0.25, -0.2) is 18.4 Å². The maximum absolute atomic E-state index is 15.0. The summed E-state index contributed by atoms with van der Waals surface area (Å²) < 4.78 is 30.6. The van der Waals surface area contributed by atoms with E-state index in [0.717, 1.165) is 23.1 Å². The normalized spacial score (nSPS) is 20.1. The molecule has 2 aliphatic rings. The largest absolute Gasteiger partial charge is 0.342 e. The maximum atomic E-state index is 15.0. The van der Waals surface area contributed by atoms with E-state index in [1.165, 1.54) is 12.1 Å². The summed E-state index contributed by atoms with van der Waals surface area (Å²) in [5.41, 5.74) is 2.42. The molecule has 3 heterocycles. The maximum Gasteiger partial charge on any atom is 0.227 e. The molecule has 2 fully saturated rings. The Kier molecular flexibility index (Phi) is 9.70. The van der Waals surface area contributed by atoms with Gasteiger partial charge in [-0.05, 0) is 88.9 Å². The predicted molar refractivity (Wildman–Crippen MR) is 176 cm³/mol. The minimum absolute atomic E-state index is 0.0103. The van der Waals surface area contributed by atoms with Gasteiger partial charge < -0.3 is 4.90 Å². The summed E-state index contributed by atoms with van der Waals surface area (Å²) in [5, 5.41) is 5.46. The van der Waals surface area contributed by atoms with Crippen molar-refractivity contribution in [1.29, 1.82) is 0 Å². The second-order valence-corrected chi connectivity index (χ2v) is 13.4.